The Morgan fingerprint density at radius 2 is 1.88 bits per heavy atom. The zero-order valence-corrected chi connectivity index (χ0v) is 23.3. The highest BCUT2D eigenvalue weighted by molar-refractivity contribution is 6.03. The number of amides is 2. The molecule has 1 aliphatic heterocycles. The van der Waals surface area contributed by atoms with Gasteiger partial charge >= 0.3 is 6.18 Å². The van der Waals surface area contributed by atoms with E-state index in [-0.39, 0.29) is 47.0 Å². The van der Waals surface area contributed by atoms with Gasteiger partial charge in [-0.25, -0.2) is 4.98 Å². The Bertz CT molecular complexity index is 1330. The molecule has 2 aliphatic carbocycles. The van der Waals surface area contributed by atoms with E-state index < -0.39 is 29.1 Å². The molecule has 4 N–H and O–H groups in total. The first-order valence-corrected chi connectivity index (χ1v) is 14.4. The molecule has 2 amide bonds. The third-order valence-corrected chi connectivity index (χ3v) is 8.63. The van der Waals surface area contributed by atoms with Gasteiger partial charge in [0.25, 0.3) is 11.8 Å². The van der Waals surface area contributed by atoms with Crippen molar-refractivity contribution < 1.29 is 27.6 Å². The standard InChI is InChI=1S/C30H36F3N5O3/c1-3-16(2)36-24-14-21(23(30(31,32)33)13-22(24)28(34)40)29(41)37-20-11-18-5-4-10-38(25(18)12-20)26-9-8-19(15-35-26)27(39)17-6-7-17/h8-9,13-18,20,25,36H,3-7,10-12H2,1-2H3,(H2,34,40)(H,37,41)/t16-,18?,20?,25?/m1/s1. The number of primary amides is 1. The lowest BCUT2D eigenvalue weighted by Gasteiger charge is -2.38. The number of anilines is 2. The summed E-state index contributed by atoms with van der Waals surface area (Å²) in [5.41, 5.74) is 4.07. The van der Waals surface area contributed by atoms with Crippen molar-refractivity contribution in [3.63, 3.8) is 0 Å². The monoisotopic (exact) mass is 571 g/mol. The molecule has 0 radical (unpaired) electrons. The molecular weight excluding hydrogens is 535 g/mol. The van der Waals surface area contributed by atoms with E-state index in [0.717, 1.165) is 44.1 Å². The number of rotatable bonds is 9. The van der Waals surface area contributed by atoms with Crippen LogP contribution in [0.4, 0.5) is 24.7 Å². The number of aromatic nitrogens is 1. The minimum Gasteiger partial charge on any atom is -0.382 e. The highest BCUT2D eigenvalue weighted by Gasteiger charge is 2.42. The molecule has 4 atom stereocenters. The molecule has 11 heteroatoms. The van der Waals surface area contributed by atoms with Gasteiger partial charge in [-0.15, -0.1) is 0 Å². The summed E-state index contributed by atoms with van der Waals surface area (Å²) in [6.45, 7) is 4.49. The highest BCUT2D eigenvalue weighted by atomic mass is 19.4. The maximum Gasteiger partial charge on any atom is 0.417 e. The summed E-state index contributed by atoms with van der Waals surface area (Å²) in [6, 6.07) is 5.05. The van der Waals surface area contributed by atoms with E-state index in [9.17, 15) is 27.6 Å². The van der Waals surface area contributed by atoms with Crippen LogP contribution < -0.4 is 21.3 Å². The third-order valence-electron chi connectivity index (χ3n) is 8.63. The Labute approximate surface area is 237 Å². The number of Topliss-reactive ketones (excluding diaryl/α,β-unsaturated/α-hetero) is 1. The van der Waals surface area contributed by atoms with Crippen LogP contribution in [0.1, 0.15) is 95.4 Å². The number of alkyl halides is 3. The second-order valence-electron chi connectivity index (χ2n) is 11.6. The number of hydrogen-bond donors (Lipinski definition) is 3. The smallest absolute Gasteiger partial charge is 0.382 e. The topological polar surface area (TPSA) is 117 Å². The molecule has 2 aromatic rings. The quantitative estimate of drug-likeness (QED) is 0.357. The Morgan fingerprint density at radius 1 is 1.12 bits per heavy atom. The lowest BCUT2D eigenvalue weighted by molar-refractivity contribution is -0.137. The largest absolute Gasteiger partial charge is 0.417 e. The summed E-state index contributed by atoms with van der Waals surface area (Å²) in [5.74, 6) is -0.572. The van der Waals surface area contributed by atoms with Gasteiger partial charge in [0.2, 0.25) is 0 Å². The van der Waals surface area contributed by atoms with Gasteiger partial charge in [0.05, 0.1) is 16.7 Å². The molecular formula is C30H36F3N5O3. The zero-order chi connectivity index (χ0) is 29.5. The average Bonchev–Trinajstić information content (AvgIpc) is 3.70. The van der Waals surface area contributed by atoms with Crippen molar-refractivity contribution in [1.82, 2.24) is 10.3 Å². The first-order chi connectivity index (χ1) is 19.5. The summed E-state index contributed by atoms with van der Waals surface area (Å²) in [4.78, 5) is 44.5. The van der Waals surface area contributed by atoms with E-state index in [4.69, 9.17) is 5.73 Å². The molecule has 8 nitrogen and oxygen atoms in total. The second-order valence-corrected chi connectivity index (χ2v) is 11.6. The number of nitrogens with one attached hydrogen (secondary N) is 2. The van der Waals surface area contributed by atoms with Gasteiger partial charge < -0.3 is 21.3 Å². The molecule has 0 spiro atoms. The number of nitrogens with two attached hydrogens (primary N) is 1. The summed E-state index contributed by atoms with van der Waals surface area (Å²) >= 11 is 0. The van der Waals surface area contributed by atoms with Gasteiger partial charge in [0.1, 0.15) is 5.82 Å². The van der Waals surface area contributed by atoms with Gasteiger partial charge in [-0.05, 0) is 82.1 Å². The number of ketones is 1. The lowest BCUT2D eigenvalue weighted by Crippen LogP contribution is -2.43. The molecule has 0 bridgehead atoms. The molecule has 3 fully saturated rings. The summed E-state index contributed by atoms with van der Waals surface area (Å²) in [7, 11) is 0. The Kier molecular flexibility index (Phi) is 7.98. The molecule has 41 heavy (non-hydrogen) atoms. The average molecular weight is 572 g/mol. The van der Waals surface area contributed by atoms with Crippen LogP contribution in [0, 0.1) is 11.8 Å². The number of pyridine rings is 1. The molecule has 5 rings (SSSR count). The normalized spacial score (nSPS) is 23.0. The summed E-state index contributed by atoms with van der Waals surface area (Å²) < 4.78 is 42.1. The van der Waals surface area contributed by atoms with Crippen LogP contribution >= 0.6 is 0 Å². The molecule has 1 saturated heterocycles. The molecule has 3 aliphatic rings. The first kappa shape index (κ1) is 28.9. The number of nitrogens with zero attached hydrogens (tertiary/aromatic N) is 2. The van der Waals surface area contributed by atoms with Crippen molar-refractivity contribution >= 4 is 29.1 Å². The molecule has 3 unspecified atom stereocenters. The zero-order valence-electron chi connectivity index (χ0n) is 23.3. The molecule has 2 heterocycles. The van der Waals surface area contributed by atoms with Crippen LogP contribution in [0.2, 0.25) is 0 Å². The fourth-order valence-corrected chi connectivity index (χ4v) is 6.15. The minimum atomic E-state index is -4.86. The van der Waals surface area contributed by atoms with Crippen LogP contribution in [-0.2, 0) is 6.18 Å². The SMILES string of the molecule is CC[C@@H](C)Nc1cc(C(=O)NC2CC3CCCN(c4ccc(C(=O)C5CC5)cn4)C3C2)c(C(F)(F)F)cc1C(N)=O. The summed E-state index contributed by atoms with van der Waals surface area (Å²) in [6.07, 6.45) is 2.38. The Morgan fingerprint density at radius 3 is 2.49 bits per heavy atom. The van der Waals surface area contributed by atoms with E-state index in [1.54, 1.807) is 6.20 Å². The highest BCUT2D eigenvalue weighted by Crippen LogP contribution is 2.40. The van der Waals surface area contributed by atoms with E-state index in [0.29, 0.717) is 30.9 Å². The van der Waals surface area contributed by atoms with E-state index in [1.165, 1.54) is 0 Å². The van der Waals surface area contributed by atoms with Crippen molar-refractivity contribution in [3.8, 4) is 0 Å². The second kappa shape index (κ2) is 11.3. The van der Waals surface area contributed by atoms with Gasteiger partial charge in [-0.1, -0.05) is 6.92 Å². The Hall–Kier alpha value is -3.63. The molecule has 220 valence electrons. The van der Waals surface area contributed by atoms with Crippen LogP contribution in [0.25, 0.3) is 0 Å². The van der Waals surface area contributed by atoms with Crippen molar-refractivity contribution in [2.45, 2.75) is 83.1 Å². The van der Waals surface area contributed by atoms with E-state index in [2.05, 4.69) is 20.5 Å². The van der Waals surface area contributed by atoms with Crippen molar-refractivity contribution in [2.24, 2.45) is 17.6 Å². The van der Waals surface area contributed by atoms with Crippen LogP contribution in [-0.4, -0.2) is 47.3 Å². The number of hydrogen-bond acceptors (Lipinski definition) is 6. The van der Waals surface area contributed by atoms with Crippen LogP contribution in [0.5, 0.6) is 0 Å². The fraction of sp³-hybridized carbons (Fsp3) is 0.533. The maximum atomic E-state index is 14.0. The van der Waals surface area contributed by atoms with Crippen molar-refractivity contribution in [2.75, 3.05) is 16.8 Å². The number of benzene rings is 1. The van der Waals surface area contributed by atoms with E-state index >= 15 is 0 Å². The van der Waals surface area contributed by atoms with E-state index in [1.807, 2.05) is 26.0 Å². The Balaban J connectivity index is 1.35. The van der Waals surface area contributed by atoms with Gasteiger partial charge in [0, 0.05) is 48.0 Å². The van der Waals surface area contributed by atoms with Gasteiger partial charge in [0.15, 0.2) is 5.78 Å². The maximum absolute atomic E-state index is 14.0. The fourth-order valence-electron chi connectivity index (χ4n) is 6.15. The molecule has 2 saturated carbocycles. The lowest BCUT2D eigenvalue weighted by atomic mass is 9.92. The van der Waals surface area contributed by atoms with Crippen molar-refractivity contribution in [1.29, 1.82) is 0 Å². The number of halogens is 3. The predicted octanol–water partition coefficient (Wildman–Crippen LogP) is 5.18. The summed E-state index contributed by atoms with van der Waals surface area (Å²) in [5, 5.41) is 5.86. The number of carbonyl (C=O) groups excluding carboxylic acids is 3. The number of fused-ring (bicyclic) bond motifs is 1. The molecule has 1 aromatic carbocycles. The van der Waals surface area contributed by atoms with Crippen LogP contribution in [0.15, 0.2) is 30.5 Å². The van der Waals surface area contributed by atoms with Gasteiger partial charge in [-0.3, -0.25) is 14.4 Å². The van der Waals surface area contributed by atoms with Crippen molar-refractivity contribution in [3.05, 3.63) is 52.7 Å². The number of carbonyl (C=O) groups is 3. The van der Waals surface area contributed by atoms with Crippen LogP contribution in [0.3, 0.4) is 0 Å². The predicted molar refractivity (Wildman–Crippen MR) is 149 cm³/mol. The first-order valence-electron chi connectivity index (χ1n) is 14.4. The molecule has 1 aromatic heterocycles. The minimum absolute atomic E-state index is 0.0773. The number of piperidine rings is 1. The third kappa shape index (κ3) is 6.18. The van der Waals surface area contributed by atoms with Gasteiger partial charge in [-0.2, -0.15) is 13.2 Å².